The van der Waals surface area contributed by atoms with E-state index >= 15 is 0 Å². The molecule has 0 aliphatic carbocycles. The molecule has 0 saturated heterocycles. The highest BCUT2D eigenvalue weighted by Gasteiger charge is 2.31. The molecular formula is C26H31O2P. The molecule has 0 fully saturated rings. The summed E-state index contributed by atoms with van der Waals surface area (Å²) in [7, 11) is 0.439. The molecule has 0 bridgehead atoms. The Morgan fingerprint density at radius 3 is 2.10 bits per heavy atom. The summed E-state index contributed by atoms with van der Waals surface area (Å²) in [6.07, 6.45) is 1.74. The lowest BCUT2D eigenvalue weighted by Crippen LogP contribution is -2.26. The maximum Gasteiger partial charge on any atom is 0.119 e. The summed E-state index contributed by atoms with van der Waals surface area (Å²) in [5, 5.41) is 22.3. The van der Waals surface area contributed by atoms with Crippen LogP contribution in [0.4, 0.5) is 0 Å². The molecule has 3 heteroatoms. The standard InChI is InChI=1S/C26H31O2P/c1-5-26(4,29-24-14-10-9-13-21(24)25(2,3)28)22-18-20(15-16-23(22)27)17-19-11-7-6-8-12-19/h6-16,18,27-29H,5,17H2,1-4H3. The fraction of sp³-hybridized carbons (Fsp3) is 0.308. The van der Waals surface area contributed by atoms with Gasteiger partial charge in [-0.15, -0.1) is 0 Å². The van der Waals surface area contributed by atoms with Gasteiger partial charge in [-0.05, 0) is 54.8 Å². The molecule has 3 rings (SSSR count). The molecular weight excluding hydrogens is 375 g/mol. The van der Waals surface area contributed by atoms with Crippen LogP contribution >= 0.6 is 8.58 Å². The molecule has 0 heterocycles. The first-order chi connectivity index (χ1) is 13.7. The fourth-order valence-electron chi connectivity index (χ4n) is 3.74. The van der Waals surface area contributed by atoms with Gasteiger partial charge in [0.25, 0.3) is 0 Å². The SMILES string of the molecule is CCC(C)(Pc1ccccc1C(C)(C)O)c1cc(Cc2ccccc2)ccc1O. The number of aliphatic hydroxyl groups is 1. The van der Waals surface area contributed by atoms with Crippen LogP contribution in [-0.2, 0) is 17.2 Å². The van der Waals surface area contributed by atoms with E-state index in [2.05, 4.69) is 50.2 Å². The van der Waals surface area contributed by atoms with Crippen LogP contribution in [0.15, 0.2) is 72.8 Å². The average molecular weight is 407 g/mol. The van der Waals surface area contributed by atoms with Crippen molar-refractivity contribution in [2.45, 2.75) is 51.3 Å². The van der Waals surface area contributed by atoms with E-state index in [0.29, 0.717) is 14.3 Å². The van der Waals surface area contributed by atoms with Crippen molar-refractivity contribution in [2.75, 3.05) is 0 Å². The third-order valence-electron chi connectivity index (χ3n) is 5.61. The Bertz CT molecular complexity index is 960. The van der Waals surface area contributed by atoms with Gasteiger partial charge in [-0.25, -0.2) is 0 Å². The summed E-state index contributed by atoms with van der Waals surface area (Å²) in [5.41, 5.74) is 3.51. The number of hydrogen-bond donors (Lipinski definition) is 2. The molecule has 2 N–H and O–H groups in total. The predicted octanol–water partition coefficient (Wildman–Crippen LogP) is 5.84. The van der Waals surface area contributed by atoms with Crippen LogP contribution < -0.4 is 5.30 Å². The number of aromatic hydroxyl groups is 1. The number of hydrogen-bond acceptors (Lipinski definition) is 2. The molecule has 3 aromatic rings. The maximum atomic E-state index is 10.7. The Hall–Kier alpha value is -2.15. The quantitative estimate of drug-likeness (QED) is 0.484. The van der Waals surface area contributed by atoms with Crippen molar-refractivity contribution in [2.24, 2.45) is 0 Å². The summed E-state index contributed by atoms with van der Waals surface area (Å²) in [6, 6.07) is 24.5. The molecule has 2 nitrogen and oxygen atoms in total. The molecule has 0 aliphatic rings. The largest absolute Gasteiger partial charge is 0.508 e. The molecule has 29 heavy (non-hydrogen) atoms. The predicted molar refractivity (Wildman–Crippen MR) is 125 cm³/mol. The molecule has 2 unspecified atom stereocenters. The highest BCUT2D eigenvalue weighted by molar-refractivity contribution is 7.48. The molecule has 0 saturated carbocycles. The molecule has 0 radical (unpaired) electrons. The molecule has 2 atom stereocenters. The van der Waals surface area contributed by atoms with Crippen molar-refractivity contribution in [3.05, 3.63) is 95.1 Å². The zero-order valence-corrected chi connectivity index (χ0v) is 18.7. The Kier molecular flexibility index (Phi) is 6.46. The van der Waals surface area contributed by atoms with E-state index in [0.717, 1.165) is 29.3 Å². The van der Waals surface area contributed by atoms with Crippen molar-refractivity contribution in [1.29, 1.82) is 0 Å². The van der Waals surface area contributed by atoms with Crippen molar-refractivity contribution < 1.29 is 10.2 Å². The minimum absolute atomic E-state index is 0.210. The first kappa shape index (κ1) is 21.6. The Labute approximate surface area is 176 Å². The third kappa shape index (κ3) is 5.07. The van der Waals surface area contributed by atoms with Gasteiger partial charge in [0, 0.05) is 10.7 Å². The normalized spacial score (nSPS) is 14.2. The number of phenolic OH excluding ortho intramolecular Hbond substituents is 1. The Balaban J connectivity index is 1.98. The van der Waals surface area contributed by atoms with Crippen LogP contribution in [-0.4, -0.2) is 10.2 Å². The van der Waals surface area contributed by atoms with Crippen LogP contribution in [0.1, 0.15) is 56.4 Å². The molecule has 0 spiro atoms. The fourth-order valence-corrected chi connectivity index (χ4v) is 5.55. The van der Waals surface area contributed by atoms with Crippen molar-refractivity contribution in [1.82, 2.24) is 0 Å². The number of phenols is 1. The van der Waals surface area contributed by atoms with Crippen LogP contribution in [0.2, 0.25) is 0 Å². The zero-order chi connectivity index (χ0) is 21.1. The first-order valence-electron chi connectivity index (χ1n) is 10.2. The summed E-state index contributed by atoms with van der Waals surface area (Å²) in [4.78, 5) is 0. The number of rotatable bonds is 7. The van der Waals surface area contributed by atoms with Gasteiger partial charge in [0.2, 0.25) is 0 Å². The van der Waals surface area contributed by atoms with Gasteiger partial charge in [0.15, 0.2) is 0 Å². The van der Waals surface area contributed by atoms with Crippen LogP contribution in [0.5, 0.6) is 5.75 Å². The molecule has 0 amide bonds. The van der Waals surface area contributed by atoms with Crippen LogP contribution in [0.25, 0.3) is 0 Å². The van der Waals surface area contributed by atoms with Gasteiger partial charge >= 0.3 is 0 Å². The Morgan fingerprint density at radius 2 is 1.45 bits per heavy atom. The van der Waals surface area contributed by atoms with E-state index in [-0.39, 0.29) is 5.16 Å². The maximum absolute atomic E-state index is 10.7. The lowest BCUT2D eigenvalue weighted by molar-refractivity contribution is 0.0797. The third-order valence-corrected chi connectivity index (χ3v) is 7.49. The minimum atomic E-state index is -0.893. The smallest absolute Gasteiger partial charge is 0.119 e. The van der Waals surface area contributed by atoms with Gasteiger partial charge in [-0.3, -0.25) is 0 Å². The van der Waals surface area contributed by atoms with Gasteiger partial charge in [-0.2, -0.15) is 0 Å². The van der Waals surface area contributed by atoms with E-state index in [1.54, 1.807) is 0 Å². The highest BCUT2D eigenvalue weighted by atomic mass is 31.1. The lowest BCUT2D eigenvalue weighted by Gasteiger charge is -2.32. The van der Waals surface area contributed by atoms with E-state index in [1.165, 1.54) is 11.1 Å². The summed E-state index contributed by atoms with van der Waals surface area (Å²) in [6.45, 7) is 8.05. The molecule has 0 aliphatic heterocycles. The van der Waals surface area contributed by atoms with Gasteiger partial charge in [-0.1, -0.05) is 89.2 Å². The van der Waals surface area contributed by atoms with Gasteiger partial charge in [0.1, 0.15) is 5.75 Å². The topological polar surface area (TPSA) is 40.5 Å². The Morgan fingerprint density at radius 1 is 0.793 bits per heavy atom. The van der Waals surface area contributed by atoms with Crippen LogP contribution in [0, 0.1) is 0 Å². The van der Waals surface area contributed by atoms with E-state index in [4.69, 9.17) is 0 Å². The highest BCUT2D eigenvalue weighted by Crippen LogP contribution is 2.48. The first-order valence-corrected chi connectivity index (χ1v) is 11.2. The van der Waals surface area contributed by atoms with E-state index in [9.17, 15) is 10.2 Å². The van der Waals surface area contributed by atoms with Crippen molar-refractivity contribution in [3.63, 3.8) is 0 Å². The van der Waals surface area contributed by atoms with Gasteiger partial charge < -0.3 is 10.2 Å². The summed E-state index contributed by atoms with van der Waals surface area (Å²) in [5.74, 6) is 0.347. The van der Waals surface area contributed by atoms with E-state index < -0.39 is 5.60 Å². The zero-order valence-electron chi connectivity index (χ0n) is 17.7. The molecule has 152 valence electrons. The lowest BCUT2D eigenvalue weighted by atomic mass is 9.93. The molecule has 0 aromatic heterocycles. The second-order valence-electron chi connectivity index (χ2n) is 8.43. The van der Waals surface area contributed by atoms with Crippen molar-refractivity contribution in [3.8, 4) is 5.75 Å². The van der Waals surface area contributed by atoms with E-state index in [1.807, 2.05) is 50.2 Å². The number of benzene rings is 3. The second-order valence-corrected chi connectivity index (χ2v) is 10.3. The average Bonchev–Trinajstić information content (AvgIpc) is 2.69. The summed E-state index contributed by atoms with van der Waals surface area (Å²) < 4.78 is 0. The second kappa shape index (κ2) is 8.69. The van der Waals surface area contributed by atoms with Crippen molar-refractivity contribution >= 4 is 13.9 Å². The summed E-state index contributed by atoms with van der Waals surface area (Å²) >= 11 is 0. The monoisotopic (exact) mass is 406 g/mol. The minimum Gasteiger partial charge on any atom is -0.508 e. The van der Waals surface area contributed by atoms with Gasteiger partial charge in [0.05, 0.1) is 5.60 Å². The van der Waals surface area contributed by atoms with Crippen LogP contribution in [0.3, 0.4) is 0 Å². The molecule has 3 aromatic carbocycles.